The second kappa shape index (κ2) is 8.71. The van der Waals surface area contributed by atoms with Crippen LogP contribution in [0.1, 0.15) is 15.9 Å². The molecule has 174 valence electrons. The maximum Gasteiger partial charge on any atom is 0.416 e. The fraction of sp³-hybridized carbons (Fsp3) is 0.316. The summed E-state index contributed by atoms with van der Waals surface area (Å²) in [5, 5.41) is 0. The molecule has 0 spiro atoms. The molecule has 2 aromatic rings. The first-order valence-electron chi connectivity index (χ1n) is 9.32. The molecule has 1 aliphatic heterocycles. The highest BCUT2D eigenvalue weighted by atomic mass is 32.2. The molecule has 3 rings (SSSR count). The van der Waals surface area contributed by atoms with Gasteiger partial charge in [0.2, 0.25) is 10.0 Å². The van der Waals surface area contributed by atoms with Gasteiger partial charge >= 0.3 is 6.18 Å². The maximum absolute atomic E-state index is 12.8. The van der Waals surface area contributed by atoms with Gasteiger partial charge in [-0.3, -0.25) is 9.52 Å². The summed E-state index contributed by atoms with van der Waals surface area (Å²) in [4.78, 5) is 13.9. The number of nitrogens with one attached hydrogen (secondary N) is 1. The van der Waals surface area contributed by atoms with Crippen molar-refractivity contribution in [3.8, 4) is 0 Å². The summed E-state index contributed by atoms with van der Waals surface area (Å²) in [6, 6.07) is 8.75. The molecule has 0 atom stereocenters. The van der Waals surface area contributed by atoms with E-state index in [9.17, 15) is 34.8 Å². The third-order valence-electron chi connectivity index (χ3n) is 4.85. The molecule has 8 nitrogen and oxygen atoms in total. The summed E-state index contributed by atoms with van der Waals surface area (Å²) < 4.78 is 90.0. The number of alkyl halides is 3. The van der Waals surface area contributed by atoms with Gasteiger partial charge in [-0.15, -0.1) is 0 Å². The number of hydrogen-bond acceptors (Lipinski definition) is 5. The zero-order valence-corrected chi connectivity index (χ0v) is 18.5. The highest BCUT2D eigenvalue weighted by Gasteiger charge is 2.31. The molecule has 1 fully saturated rings. The van der Waals surface area contributed by atoms with E-state index in [2.05, 4.69) is 4.72 Å². The maximum atomic E-state index is 12.8. The SMILES string of the molecule is CS(=O)(=O)N1CCN(C(=O)c2ccc(S(=O)(=O)Nc3cccc(C(F)(F)F)c3)cc2)CC1. The predicted octanol–water partition coefficient (Wildman–Crippen LogP) is 2.22. The Hall–Kier alpha value is -2.64. The van der Waals surface area contributed by atoms with Crippen LogP contribution >= 0.6 is 0 Å². The smallest absolute Gasteiger partial charge is 0.336 e. The minimum atomic E-state index is -4.61. The van der Waals surface area contributed by atoms with Crippen molar-refractivity contribution in [2.75, 3.05) is 37.2 Å². The standard InChI is InChI=1S/C19H20F3N3O5S2/c1-31(27,28)25-11-9-24(10-12-25)18(26)14-5-7-17(8-6-14)32(29,30)23-16-4-2-3-15(13-16)19(20,21)22/h2-8,13,23H,9-12H2,1H3. The number of piperazine rings is 1. The average molecular weight is 492 g/mol. The minimum absolute atomic E-state index is 0.165. The first kappa shape index (κ1) is 24.0. The Bertz CT molecular complexity index is 1210. The number of sulfonamides is 2. The molecule has 1 aliphatic rings. The molecule has 0 aromatic heterocycles. The first-order chi connectivity index (χ1) is 14.8. The second-order valence-corrected chi connectivity index (χ2v) is 10.8. The molecule has 2 aromatic carbocycles. The summed E-state index contributed by atoms with van der Waals surface area (Å²) >= 11 is 0. The van der Waals surface area contributed by atoms with Crippen molar-refractivity contribution in [3.05, 3.63) is 59.7 Å². The number of halogens is 3. The van der Waals surface area contributed by atoms with Crippen LogP contribution < -0.4 is 4.72 Å². The number of rotatable bonds is 5. The number of anilines is 1. The molecule has 0 aliphatic carbocycles. The summed E-state index contributed by atoms with van der Waals surface area (Å²) in [7, 11) is -7.52. The summed E-state index contributed by atoms with van der Waals surface area (Å²) in [6.45, 7) is 0.724. The van der Waals surface area contributed by atoms with E-state index in [1.165, 1.54) is 39.5 Å². The van der Waals surface area contributed by atoms with Crippen LogP contribution in [0.2, 0.25) is 0 Å². The Morgan fingerprint density at radius 1 is 0.938 bits per heavy atom. The van der Waals surface area contributed by atoms with Crippen molar-refractivity contribution >= 4 is 31.6 Å². The Morgan fingerprint density at radius 2 is 1.53 bits per heavy atom. The normalized spacial score (nSPS) is 16.1. The van der Waals surface area contributed by atoms with Gasteiger partial charge in [0.15, 0.2) is 0 Å². The molecule has 1 saturated heterocycles. The lowest BCUT2D eigenvalue weighted by molar-refractivity contribution is -0.137. The van der Waals surface area contributed by atoms with E-state index in [0.29, 0.717) is 6.07 Å². The minimum Gasteiger partial charge on any atom is -0.336 e. The van der Waals surface area contributed by atoms with Gasteiger partial charge < -0.3 is 4.90 Å². The van der Waals surface area contributed by atoms with Crippen molar-refractivity contribution in [2.45, 2.75) is 11.1 Å². The van der Waals surface area contributed by atoms with Crippen molar-refractivity contribution in [3.63, 3.8) is 0 Å². The lowest BCUT2D eigenvalue weighted by Crippen LogP contribution is -2.50. The number of carbonyl (C=O) groups is 1. The van der Waals surface area contributed by atoms with Crippen LogP contribution in [-0.2, 0) is 26.2 Å². The molecule has 0 radical (unpaired) electrons. The van der Waals surface area contributed by atoms with E-state index in [4.69, 9.17) is 0 Å². The Kier molecular flexibility index (Phi) is 6.54. The summed E-state index contributed by atoms with van der Waals surface area (Å²) in [6.07, 6.45) is -3.52. The highest BCUT2D eigenvalue weighted by Crippen LogP contribution is 2.31. The van der Waals surface area contributed by atoms with Crippen molar-refractivity contribution in [1.29, 1.82) is 0 Å². The molecule has 1 N–H and O–H groups in total. The van der Waals surface area contributed by atoms with Gasteiger partial charge in [0.1, 0.15) is 0 Å². The van der Waals surface area contributed by atoms with E-state index >= 15 is 0 Å². The van der Waals surface area contributed by atoms with Crippen molar-refractivity contribution in [2.24, 2.45) is 0 Å². The zero-order valence-electron chi connectivity index (χ0n) is 16.8. The van der Waals surface area contributed by atoms with Gasteiger partial charge in [0.05, 0.1) is 16.7 Å². The van der Waals surface area contributed by atoms with E-state index in [1.807, 2.05) is 0 Å². The van der Waals surface area contributed by atoms with Crippen LogP contribution in [0, 0.1) is 0 Å². The molecule has 32 heavy (non-hydrogen) atoms. The number of nitrogens with zero attached hydrogens (tertiary/aromatic N) is 2. The number of benzene rings is 2. The van der Waals surface area contributed by atoms with Crippen molar-refractivity contribution < 1.29 is 34.8 Å². The molecule has 1 heterocycles. The zero-order chi connectivity index (χ0) is 23.7. The summed E-state index contributed by atoms with van der Waals surface area (Å²) in [5.41, 5.74) is -1.03. The van der Waals surface area contributed by atoms with Gasteiger partial charge in [-0.25, -0.2) is 16.8 Å². The lowest BCUT2D eigenvalue weighted by atomic mass is 10.2. The molecule has 13 heteroatoms. The quantitative estimate of drug-likeness (QED) is 0.691. The monoisotopic (exact) mass is 491 g/mol. The van der Waals surface area contributed by atoms with Crippen LogP contribution in [0.3, 0.4) is 0 Å². The topological polar surface area (TPSA) is 104 Å². The van der Waals surface area contributed by atoms with Crippen LogP contribution in [0.4, 0.5) is 18.9 Å². The van der Waals surface area contributed by atoms with Crippen molar-refractivity contribution in [1.82, 2.24) is 9.21 Å². The Balaban J connectivity index is 1.70. The molecule has 1 amide bonds. The molecular formula is C19H20F3N3O5S2. The van der Waals surface area contributed by atoms with E-state index in [0.717, 1.165) is 18.4 Å². The predicted molar refractivity (Wildman–Crippen MR) is 111 cm³/mol. The highest BCUT2D eigenvalue weighted by molar-refractivity contribution is 7.92. The molecule has 0 bridgehead atoms. The van der Waals surface area contributed by atoms with Crippen LogP contribution in [0.15, 0.2) is 53.4 Å². The average Bonchev–Trinajstić information content (AvgIpc) is 2.72. The third kappa shape index (κ3) is 5.58. The molecular weight excluding hydrogens is 471 g/mol. The van der Waals surface area contributed by atoms with Gasteiger partial charge in [-0.05, 0) is 42.5 Å². The lowest BCUT2D eigenvalue weighted by Gasteiger charge is -2.33. The van der Waals surface area contributed by atoms with Gasteiger partial charge in [-0.1, -0.05) is 6.07 Å². The third-order valence-corrected chi connectivity index (χ3v) is 7.55. The van der Waals surface area contributed by atoms with E-state index in [-0.39, 0.29) is 48.2 Å². The van der Waals surface area contributed by atoms with Gasteiger partial charge in [-0.2, -0.15) is 17.5 Å². The largest absolute Gasteiger partial charge is 0.416 e. The van der Waals surface area contributed by atoms with Crippen LogP contribution in [-0.4, -0.2) is 64.4 Å². The number of hydrogen-bond donors (Lipinski definition) is 1. The fourth-order valence-electron chi connectivity index (χ4n) is 3.16. The fourth-order valence-corrected chi connectivity index (χ4v) is 5.03. The van der Waals surface area contributed by atoms with Gasteiger partial charge in [0.25, 0.3) is 15.9 Å². The van der Waals surface area contributed by atoms with E-state index < -0.39 is 31.8 Å². The second-order valence-electron chi connectivity index (χ2n) is 7.16. The Labute approximate surface area is 183 Å². The Morgan fingerprint density at radius 3 is 2.06 bits per heavy atom. The first-order valence-corrected chi connectivity index (χ1v) is 12.6. The molecule has 0 saturated carbocycles. The summed E-state index contributed by atoms with van der Waals surface area (Å²) in [5.74, 6) is -0.382. The van der Waals surface area contributed by atoms with Crippen LogP contribution in [0.25, 0.3) is 0 Å². The molecule has 0 unspecified atom stereocenters. The van der Waals surface area contributed by atoms with E-state index in [1.54, 1.807) is 0 Å². The number of amides is 1. The van der Waals surface area contributed by atoms with Gasteiger partial charge in [0, 0.05) is 37.4 Å². The number of carbonyl (C=O) groups excluding carboxylic acids is 1. The van der Waals surface area contributed by atoms with Crippen LogP contribution in [0.5, 0.6) is 0 Å².